The van der Waals surface area contributed by atoms with Crippen LogP contribution in [0.1, 0.15) is 19.3 Å². The van der Waals surface area contributed by atoms with Crippen molar-refractivity contribution in [3.63, 3.8) is 0 Å². The number of halogens is 1. The monoisotopic (exact) mass is 341 g/mol. The summed E-state index contributed by atoms with van der Waals surface area (Å²) in [4.78, 5) is 34.7. The van der Waals surface area contributed by atoms with Gasteiger partial charge in [0.05, 0.1) is 10.7 Å². The molecule has 0 saturated heterocycles. The smallest absolute Gasteiger partial charge is 0.303 e. The van der Waals surface area contributed by atoms with Crippen LogP contribution in [0.3, 0.4) is 0 Å². The predicted molar refractivity (Wildman–Crippen MR) is 76.7 cm³/mol. The standard InChI is InChI=1S/C14H16BrNO4/c15-10-8-11(17)14(16-7-3-5-12(18)19)6-2-1-4-9(14)13(10)20/h1-2,4,6,9-10,16H,3,5,7-8H2,(H,18,19). The fourth-order valence-electron chi connectivity index (χ4n) is 2.65. The van der Waals surface area contributed by atoms with E-state index in [1.807, 2.05) is 0 Å². The molecule has 2 aliphatic carbocycles. The summed E-state index contributed by atoms with van der Waals surface area (Å²) in [7, 11) is 0. The van der Waals surface area contributed by atoms with Gasteiger partial charge in [-0.25, -0.2) is 0 Å². The number of nitrogens with one attached hydrogen (secondary N) is 1. The molecule has 20 heavy (non-hydrogen) atoms. The molecule has 0 aromatic carbocycles. The zero-order valence-corrected chi connectivity index (χ0v) is 12.4. The number of alkyl halides is 1. The highest BCUT2D eigenvalue weighted by Crippen LogP contribution is 2.36. The maximum absolute atomic E-state index is 12.4. The molecule has 0 radical (unpaired) electrons. The maximum atomic E-state index is 12.4. The summed E-state index contributed by atoms with van der Waals surface area (Å²) in [6.07, 6.45) is 7.57. The molecule has 2 aliphatic rings. The molecule has 1 saturated carbocycles. The fraction of sp³-hybridized carbons (Fsp3) is 0.500. The van der Waals surface area contributed by atoms with E-state index in [1.165, 1.54) is 0 Å². The zero-order valence-electron chi connectivity index (χ0n) is 10.8. The number of Topliss-reactive ketones (excluding diaryl/α,β-unsaturated/α-hetero) is 2. The van der Waals surface area contributed by atoms with Gasteiger partial charge in [-0.2, -0.15) is 0 Å². The van der Waals surface area contributed by atoms with Crippen molar-refractivity contribution in [1.82, 2.24) is 5.32 Å². The van der Waals surface area contributed by atoms with E-state index in [2.05, 4.69) is 21.2 Å². The van der Waals surface area contributed by atoms with Crippen molar-refractivity contribution in [3.05, 3.63) is 24.3 Å². The van der Waals surface area contributed by atoms with Crippen LogP contribution in [0.2, 0.25) is 0 Å². The van der Waals surface area contributed by atoms with E-state index in [0.717, 1.165) is 0 Å². The first kappa shape index (κ1) is 15.1. The summed E-state index contributed by atoms with van der Waals surface area (Å²) in [6.45, 7) is 0.382. The number of allylic oxidation sites excluding steroid dienone is 2. The second-order valence-electron chi connectivity index (χ2n) is 5.01. The number of hydrogen-bond donors (Lipinski definition) is 2. The predicted octanol–water partition coefficient (Wildman–Crippen LogP) is 1.23. The third kappa shape index (κ3) is 2.76. The van der Waals surface area contributed by atoms with E-state index in [4.69, 9.17) is 5.11 Å². The molecule has 6 heteroatoms. The van der Waals surface area contributed by atoms with Crippen molar-refractivity contribution in [3.8, 4) is 0 Å². The van der Waals surface area contributed by atoms with Gasteiger partial charge >= 0.3 is 5.97 Å². The molecule has 0 heterocycles. The number of aliphatic carboxylic acids is 1. The Labute approximate surface area is 125 Å². The van der Waals surface area contributed by atoms with Crippen LogP contribution in [0.15, 0.2) is 24.3 Å². The maximum Gasteiger partial charge on any atom is 0.303 e. The molecule has 108 valence electrons. The summed E-state index contributed by atoms with van der Waals surface area (Å²) in [6, 6.07) is 0. The van der Waals surface area contributed by atoms with Crippen LogP contribution in [0.25, 0.3) is 0 Å². The highest BCUT2D eigenvalue weighted by atomic mass is 79.9. The lowest BCUT2D eigenvalue weighted by molar-refractivity contribution is -0.137. The van der Waals surface area contributed by atoms with Crippen molar-refractivity contribution >= 4 is 33.5 Å². The lowest BCUT2D eigenvalue weighted by atomic mass is 9.69. The third-order valence-electron chi connectivity index (χ3n) is 3.69. The number of fused-ring (bicyclic) bond motifs is 1. The van der Waals surface area contributed by atoms with Crippen molar-refractivity contribution in [2.75, 3.05) is 6.54 Å². The fourth-order valence-corrected chi connectivity index (χ4v) is 3.23. The van der Waals surface area contributed by atoms with E-state index in [0.29, 0.717) is 13.0 Å². The van der Waals surface area contributed by atoms with E-state index in [1.54, 1.807) is 24.3 Å². The molecule has 0 bridgehead atoms. The van der Waals surface area contributed by atoms with Crippen LogP contribution in [0.4, 0.5) is 0 Å². The van der Waals surface area contributed by atoms with Gasteiger partial charge in [0.2, 0.25) is 0 Å². The van der Waals surface area contributed by atoms with E-state index in [-0.39, 0.29) is 24.4 Å². The summed E-state index contributed by atoms with van der Waals surface area (Å²) in [5, 5.41) is 11.7. The molecule has 3 atom stereocenters. The number of carboxylic acid groups (broad SMARTS) is 1. The summed E-state index contributed by atoms with van der Waals surface area (Å²) < 4.78 is 0. The Morgan fingerprint density at radius 3 is 2.90 bits per heavy atom. The minimum Gasteiger partial charge on any atom is -0.481 e. The largest absolute Gasteiger partial charge is 0.481 e. The molecular formula is C14H16BrNO4. The van der Waals surface area contributed by atoms with Gasteiger partial charge < -0.3 is 10.4 Å². The zero-order chi connectivity index (χ0) is 14.8. The minimum atomic E-state index is -1.01. The van der Waals surface area contributed by atoms with Gasteiger partial charge in [-0.15, -0.1) is 0 Å². The van der Waals surface area contributed by atoms with Crippen LogP contribution in [0, 0.1) is 5.92 Å². The van der Waals surface area contributed by atoms with Crippen molar-refractivity contribution in [2.45, 2.75) is 29.6 Å². The Morgan fingerprint density at radius 2 is 2.20 bits per heavy atom. The molecular weight excluding hydrogens is 326 g/mol. The molecule has 0 spiro atoms. The second-order valence-corrected chi connectivity index (χ2v) is 6.12. The number of carbonyl (C=O) groups is 3. The molecule has 0 aromatic rings. The molecule has 2 rings (SSSR count). The summed E-state index contributed by atoms with van der Waals surface area (Å²) >= 11 is 3.25. The van der Waals surface area contributed by atoms with Crippen molar-refractivity contribution in [2.24, 2.45) is 5.92 Å². The molecule has 2 N–H and O–H groups in total. The van der Waals surface area contributed by atoms with Crippen molar-refractivity contribution < 1.29 is 19.5 Å². The molecule has 0 amide bonds. The normalized spacial score (nSPS) is 32.2. The van der Waals surface area contributed by atoms with Crippen LogP contribution in [-0.4, -0.2) is 39.6 Å². The highest BCUT2D eigenvalue weighted by Gasteiger charge is 2.51. The summed E-state index contributed by atoms with van der Waals surface area (Å²) in [5.41, 5.74) is -1.01. The summed E-state index contributed by atoms with van der Waals surface area (Å²) in [5.74, 6) is -1.45. The highest BCUT2D eigenvalue weighted by molar-refractivity contribution is 9.10. The van der Waals surface area contributed by atoms with Crippen LogP contribution in [0.5, 0.6) is 0 Å². The Balaban J connectivity index is 2.13. The van der Waals surface area contributed by atoms with Gasteiger partial charge in [0.25, 0.3) is 0 Å². The first-order chi connectivity index (χ1) is 9.47. The number of carbonyl (C=O) groups excluding carboxylic acids is 2. The van der Waals surface area contributed by atoms with Crippen molar-refractivity contribution in [1.29, 1.82) is 0 Å². The lowest BCUT2D eigenvalue weighted by Crippen LogP contribution is -2.63. The first-order valence-electron chi connectivity index (χ1n) is 6.51. The molecule has 0 aliphatic heterocycles. The number of carboxylic acids is 1. The number of ketones is 2. The average molecular weight is 342 g/mol. The van der Waals surface area contributed by atoms with Crippen LogP contribution < -0.4 is 5.32 Å². The molecule has 3 unspecified atom stereocenters. The Hall–Kier alpha value is -1.27. The number of rotatable bonds is 5. The minimum absolute atomic E-state index is 0.0177. The van der Waals surface area contributed by atoms with Gasteiger partial charge in [-0.05, 0) is 13.0 Å². The van der Waals surface area contributed by atoms with E-state index >= 15 is 0 Å². The molecule has 5 nitrogen and oxygen atoms in total. The lowest BCUT2D eigenvalue weighted by Gasteiger charge is -2.42. The average Bonchev–Trinajstić information content (AvgIpc) is 2.41. The SMILES string of the molecule is O=C(O)CCCNC12C=CC=CC1C(=O)C(Br)CC2=O. The molecule has 1 fully saturated rings. The van der Waals surface area contributed by atoms with E-state index in [9.17, 15) is 14.4 Å². The Bertz CT molecular complexity index is 499. The van der Waals surface area contributed by atoms with Gasteiger partial charge in [-0.1, -0.05) is 40.2 Å². The van der Waals surface area contributed by atoms with Crippen LogP contribution >= 0.6 is 15.9 Å². The first-order valence-corrected chi connectivity index (χ1v) is 7.43. The number of hydrogen-bond acceptors (Lipinski definition) is 4. The van der Waals surface area contributed by atoms with Crippen LogP contribution in [-0.2, 0) is 14.4 Å². The van der Waals surface area contributed by atoms with Gasteiger partial charge in [-0.3, -0.25) is 14.4 Å². The van der Waals surface area contributed by atoms with Gasteiger partial charge in [0, 0.05) is 12.8 Å². The topological polar surface area (TPSA) is 83.5 Å². The Morgan fingerprint density at radius 1 is 1.45 bits per heavy atom. The van der Waals surface area contributed by atoms with E-state index < -0.39 is 22.3 Å². The quantitative estimate of drug-likeness (QED) is 0.580. The van der Waals surface area contributed by atoms with Gasteiger partial charge in [0.1, 0.15) is 5.54 Å². The third-order valence-corrected chi connectivity index (χ3v) is 4.47. The Kier molecular flexibility index (Phi) is 4.55. The molecule has 0 aromatic heterocycles. The second kappa shape index (κ2) is 6.01. The van der Waals surface area contributed by atoms with Gasteiger partial charge in [0.15, 0.2) is 11.6 Å².